The first-order valence-electron chi connectivity index (χ1n) is 10.5. The van der Waals surface area contributed by atoms with E-state index in [-0.39, 0.29) is 4.90 Å². The second kappa shape index (κ2) is 8.97. The molecule has 0 atom stereocenters. The van der Waals surface area contributed by atoms with Gasteiger partial charge in [-0.1, -0.05) is 23.8 Å². The average Bonchev–Trinajstić information content (AvgIpc) is 2.79. The van der Waals surface area contributed by atoms with Crippen LogP contribution in [0.15, 0.2) is 77.7 Å². The van der Waals surface area contributed by atoms with Gasteiger partial charge >= 0.3 is 6.18 Å². The molecule has 1 aliphatic heterocycles. The van der Waals surface area contributed by atoms with E-state index in [1.165, 1.54) is 12.1 Å². The number of benzene rings is 3. The van der Waals surface area contributed by atoms with Gasteiger partial charge in [-0.2, -0.15) is 13.2 Å². The van der Waals surface area contributed by atoms with E-state index in [0.29, 0.717) is 37.6 Å². The van der Waals surface area contributed by atoms with Crippen LogP contribution in [0.5, 0.6) is 0 Å². The van der Waals surface area contributed by atoms with Crippen molar-refractivity contribution in [3.05, 3.63) is 83.9 Å². The fourth-order valence-electron chi connectivity index (χ4n) is 3.77. The quantitative estimate of drug-likeness (QED) is 0.555. The van der Waals surface area contributed by atoms with Crippen LogP contribution in [-0.2, 0) is 16.2 Å². The van der Waals surface area contributed by atoms with Crippen molar-refractivity contribution in [1.29, 1.82) is 0 Å². The highest BCUT2D eigenvalue weighted by Gasteiger charge is 2.31. The Bertz CT molecular complexity index is 1200. The molecule has 0 spiro atoms. The number of aryl methyl sites for hydroxylation is 1. The van der Waals surface area contributed by atoms with E-state index < -0.39 is 21.8 Å². The molecule has 0 aliphatic carbocycles. The van der Waals surface area contributed by atoms with E-state index in [0.717, 1.165) is 17.3 Å². The van der Waals surface area contributed by atoms with E-state index in [2.05, 4.69) is 9.62 Å². The molecule has 0 aromatic heterocycles. The van der Waals surface area contributed by atoms with Crippen molar-refractivity contribution in [2.75, 3.05) is 40.7 Å². The SMILES string of the molecule is Cc1ccc(S(=O)(=O)Nc2ccc(N3CCN(c4cccc(C(F)(F)F)c4)CC3)cc2)cc1. The lowest BCUT2D eigenvalue weighted by molar-refractivity contribution is -0.137. The fraction of sp³-hybridized carbons (Fsp3) is 0.250. The minimum absolute atomic E-state index is 0.197. The van der Waals surface area contributed by atoms with Crippen LogP contribution in [0.25, 0.3) is 0 Å². The van der Waals surface area contributed by atoms with Crippen LogP contribution in [-0.4, -0.2) is 34.6 Å². The molecule has 1 heterocycles. The monoisotopic (exact) mass is 475 g/mol. The second-order valence-electron chi connectivity index (χ2n) is 7.99. The molecule has 4 rings (SSSR count). The van der Waals surface area contributed by atoms with Crippen molar-refractivity contribution < 1.29 is 21.6 Å². The molecule has 0 bridgehead atoms. The van der Waals surface area contributed by atoms with Gasteiger partial charge in [-0.3, -0.25) is 4.72 Å². The molecule has 1 aliphatic rings. The maximum Gasteiger partial charge on any atom is 0.416 e. The summed E-state index contributed by atoms with van der Waals surface area (Å²) in [6.07, 6.45) is -4.36. The highest BCUT2D eigenvalue weighted by atomic mass is 32.2. The standard InChI is InChI=1S/C24H24F3N3O2S/c1-18-5-11-23(12-6-18)33(31,32)28-20-7-9-21(10-8-20)29-13-15-30(16-14-29)22-4-2-3-19(17-22)24(25,26)27/h2-12,17,28H,13-16H2,1H3. The summed E-state index contributed by atoms with van der Waals surface area (Å²) < 4.78 is 66.7. The van der Waals surface area contributed by atoms with Crippen LogP contribution < -0.4 is 14.5 Å². The molecule has 1 fully saturated rings. The predicted octanol–water partition coefficient (Wildman–Crippen LogP) is 5.14. The molecule has 3 aromatic rings. The summed E-state index contributed by atoms with van der Waals surface area (Å²) in [6, 6.07) is 19.1. The topological polar surface area (TPSA) is 52.7 Å². The number of piperazine rings is 1. The molecule has 0 saturated carbocycles. The Hall–Kier alpha value is -3.20. The lowest BCUT2D eigenvalue weighted by atomic mass is 10.1. The van der Waals surface area contributed by atoms with Gasteiger partial charge in [0, 0.05) is 43.2 Å². The van der Waals surface area contributed by atoms with Crippen molar-refractivity contribution in [2.24, 2.45) is 0 Å². The van der Waals surface area contributed by atoms with Gasteiger partial charge in [0.1, 0.15) is 0 Å². The molecule has 174 valence electrons. The number of nitrogens with one attached hydrogen (secondary N) is 1. The summed E-state index contributed by atoms with van der Waals surface area (Å²) in [5.41, 5.74) is 2.28. The largest absolute Gasteiger partial charge is 0.416 e. The third kappa shape index (κ3) is 5.42. The van der Waals surface area contributed by atoms with Crippen LogP contribution in [0, 0.1) is 6.92 Å². The molecular formula is C24H24F3N3O2S. The molecular weight excluding hydrogens is 451 g/mol. The van der Waals surface area contributed by atoms with Gasteiger partial charge in [0.2, 0.25) is 0 Å². The molecule has 0 unspecified atom stereocenters. The number of rotatable bonds is 5. The minimum Gasteiger partial charge on any atom is -0.368 e. The van der Waals surface area contributed by atoms with E-state index >= 15 is 0 Å². The Morgan fingerprint density at radius 3 is 1.94 bits per heavy atom. The first kappa shape index (κ1) is 23.0. The van der Waals surface area contributed by atoms with E-state index in [1.807, 2.05) is 24.0 Å². The van der Waals surface area contributed by atoms with E-state index in [9.17, 15) is 21.6 Å². The lowest BCUT2D eigenvalue weighted by Gasteiger charge is -2.37. The zero-order valence-electron chi connectivity index (χ0n) is 18.0. The summed E-state index contributed by atoms with van der Waals surface area (Å²) in [5.74, 6) is 0. The maximum atomic E-state index is 13.0. The Morgan fingerprint density at radius 1 is 0.788 bits per heavy atom. The fourth-order valence-corrected chi connectivity index (χ4v) is 4.83. The summed E-state index contributed by atoms with van der Waals surface area (Å²) in [4.78, 5) is 4.26. The van der Waals surface area contributed by atoms with Crippen molar-refractivity contribution in [2.45, 2.75) is 18.0 Å². The van der Waals surface area contributed by atoms with Gasteiger partial charge in [-0.25, -0.2) is 8.42 Å². The Kier molecular flexibility index (Phi) is 6.25. The predicted molar refractivity (Wildman–Crippen MR) is 124 cm³/mol. The third-order valence-electron chi connectivity index (χ3n) is 5.63. The van der Waals surface area contributed by atoms with Gasteiger partial charge in [0.15, 0.2) is 0 Å². The normalized spacial score (nSPS) is 14.9. The van der Waals surface area contributed by atoms with Crippen LogP contribution in [0.1, 0.15) is 11.1 Å². The van der Waals surface area contributed by atoms with Gasteiger partial charge in [-0.15, -0.1) is 0 Å². The molecule has 0 amide bonds. The van der Waals surface area contributed by atoms with Crippen LogP contribution in [0.2, 0.25) is 0 Å². The van der Waals surface area contributed by atoms with Crippen LogP contribution in [0.4, 0.5) is 30.2 Å². The van der Waals surface area contributed by atoms with Crippen molar-refractivity contribution in [3.8, 4) is 0 Å². The van der Waals surface area contributed by atoms with E-state index in [4.69, 9.17) is 0 Å². The number of nitrogens with zero attached hydrogens (tertiary/aromatic N) is 2. The minimum atomic E-state index is -4.36. The molecule has 33 heavy (non-hydrogen) atoms. The second-order valence-corrected chi connectivity index (χ2v) is 9.67. The van der Waals surface area contributed by atoms with Gasteiger partial charge < -0.3 is 9.80 Å². The van der Waals surface area contributed by atoms with Gasteiger partial charge in [0.25, 0.3) is 10.0 Å². The van der Waals surface area contributed by atoms with Crippen LogP contribution in [0.3, 0.4) is 0 Å². The number of anilines is 3. The molecule has 1 saturated heterocycles. The Balaban J connectivity index is 1.38. The smallest absolute Gasteiger partial charge is 0.368 e. The lowest BCUT2D eigenvalue weighted by Crippen LogP contribution is -2.46. The molecule has 5 nitrogen and oxygen atoms in total. The molecule has 0 radical (unpaired) electrons. The van der Waals surface area contributed by atoms with Crippen molar-refractivity contribution in [1.82, 2.24) is 0 Å². The zero-order valence-corrected chi connectivity index (χ0v) is 18.8. The van der Waals surface area contributed by atoms with Crippen molar-refractivity contribution >= 4 is 27.1 Å². The summed E-state index contributed by atoms with van der Waals surface area (Å²) in [7, 11) is -3.67. The number of alkyl halides is 3. The third-order valence-corrected chi connectivity index (χ3v) is 7.03. The first-order chi connectivity index (χ1) is 15.6. The number of halogens is 3. The number of sulfonamides is 1. The highest BCUT2D eigenvalue weighted by Crippen LogP contribution is 2.32. The van der Waals surface area contributed by atoms with Gasteiger partial charge in [-0.05, 0) is 61.5 Å². The van der Waals surface area contributed by atoms with Gasteiger partial charge in [0.05, 0.1) is 10.5 Å². The molecule has 9 heteroatoms. The van der Waals surface area contributed by atoms with E-state index in [1.54, 1.807) is 42.5 Å². The highest BCUT2D eigenvalue weighted by molar-refractivity contribution is 7.92. The Labute approximate surface area is 191 Å². The summed E-state index contributed by atoms with van der Waals surface area (Å²) in [6.45, 7) is 4.35. The average molecular weight is 476 g/mol. The molecule has 3 aromatic carbocycles. The summed E-state index contributed by atoms with van der Waals surface area (Å²) in [5, 5.41) is 0. The number of hydrogen-bond donors (Lipinski definition) is 1. The first-order valence-corrected chi connectivity index (χ1v) is 12.0. The summed E-state index contributed by atoms with van der Waals surface area (Å²) >= 11 is 0. The molecule has 1 N–H and O–H groups in total. The van der Waals surface area contributed by atoms with Crippen LogP contribution >= 0.6 is 0 Å². The Morgan fingerprint density at radius 2 is 1.36 bits per heavy atom. The maximum absolute atomic E-state index is 13.0. The zero-order chi connectivity index (χ0) is 23.6. The number of hydrogen-bond acceptors (Lipinski definition) is 4. The van der Waals surface area contributed by atoms with Crippen molar-refractivity contribution in [3.63, 3.8) is 0 Å².